The average molecular weight is 251 g/mol. The third-order valence-electron chi connectivity index (χ3n) is 2.74. The number of benzene rings is 2. The number of hydrogen-bond donors (Lipinski definition) is 1. The van der Waals surface area contributed by atoms with Gasteiger partial charge in [-0.15, -0.1) is 0 Å². The molecule has 1 atom stereocenters. The van der Waals surface area contributed by atoms with Crippen molar-refractivity contribution in [2.75, 3.05) is 0 Å². The summed E-state index contributed by atoms with van der Waals surface area (Å²) < 4.78 is 13.7. The van der Waals surface area contributed by atoms with Crippen LogP contribution in [0.3, 0.4) is 0 Å². The highest BCUT2D eigenvalue weighted by Crippen LogP contribution is 2.27. The fourth-order valence-electron chi connectivity index (χ4n) is 1.78. The Labute approximate surface area is 104 Å². The second-order valence-corrected chi connectivity index (χ2v) is 4.36. The van der Waals surface area contributed by atoms with Crippen LogP contribution in [0.2, 0.25) is 5.02 Å². The normalized spacial score (nSPS) is 12.5. The molecule has 2 aromatic carbocycles. The van der Waals surface area contributed by atoms with E-state index >= 15 is 0 Å². The van der Waals surface area contributed by atoms with Gasteiger partial charge in [0, 0.05) is 10.6 Å². The van der Waals surface area contributed by atoms with Gasteiger partial charge in [-0.05, 0) is 30.2 Å². The first-order valence-electron chi connectivity index (χ1n) is 5.28. The Balaban J connectivity index is 2.44. The van der Waals surface area contributed by atoms with Gasteiger partial charge in [-0.3, -0.25) is 0 Å². The van der Waals surface area contributed by atoms with Crippen molar-refractivity contribution in [2.45, 2.75) is 13.0 Å². The topological polar surface area (TPSA) is 20.2 Å². The molecule has 0 aromatic heterocycles. The van der Waals surface area contributed by atoms with E-state index in [1.807, 2.05) is 25.1 Å². The molecule has 1 nitrogen and oxygen atoms in total. The van der Waals surface area contributed by atoms with Crippen molar-refractivity contribution in [1.29, 1.82) is 0 Å². The highest BCUT2D eigenvalue weighted by atomic mass is 35.5. The lowest BCUT2D eigenvalue weighted by molar-refractivity contribution is 0.214. The third kappa shape index (κ3) is 2.48. The maximum absolute atomic E-state index is 13.7. The molecule has 0 amide bonds. The summed E-state index contributed by atoms with van der Waals surface area (Å²) in [6, 6.07) is 11.7. The Morgan fingerprint density at radius 2 is 1.82 bits per heavy atom. The summed E-state index contributed by atoms with van der Waals surface area (Å²) >= 11 is 5.68. The van der Waals surface area contributed by atoms with Crippen molar-refractivity contribution in [3.05, 3.63) is 70.0 Å². The molecule has 0 fully saturated rings. The Hall–Kier alpha value is -1.38. The SMILES string of the molecule is Cc1ccccc1C(O)c1ccc(Cl)cc1F. The van der Waals surface area contributed by atoms with Crippen LogP contribution >= 0.6 is 11.6 Å². The monoisotopic (exact) mass is 250 g/mol. The predicted octanol–water partition coefficient (Wildman–Crippen LogP) is 3.87. The molecule has 0 bridgehead atoms. The van der Waals surface area contributed by atoms with E-state index in [0.717, 1.165) is 5.56 Å². The van der Waals surface area contributed by atoms with Gasteiger partial charge < -0.3 is 5.11 Å². The molecule has 2 rings (SSSR count). The second-order valence-electron chi connectivity index (χ2n) is 3.92. The zero-order valence-electron chi connectivity index (χ0n) is 9.32. The zero-order chi connectivity index (χ0) is 12.4. The number of rotatable bonds is 2. The summed E-state index contributed by atoms with van der Waals surface area (Å²) in [5.74, 6) is -0.492. The van der Waals surface area contributed by atoms with E-state index in [1.165, 1.54) is 12.1 Å². The van der Waals surface area contributed by atoms with Gasteiger partial charge in [0.25, 0.3) is 0 Å². The molecule has 0 heterocycles. The van der Waals surface area contributed by atoms with E-state index in [4.69, 9.17) is 11.6 Å². The van der Waals surface area contributed by atoms with E-state index in [2.05, 4.69) is 0 Å². The molecule has 88 valence electrons. The summed E-state index contributed by atoms with van der Waals surface area (Å²) in [7, 11) is 0. The highest BCUT2D eigenvalue weighted by Gasteiger charge is 2.16. The average Bonchev–Trinajstić information content (AvgIpc) is 2.29. The molecule has 2 aromatic rings. The number of aliphatic hydroxyl groups is 1. The lowest BCUT2D eigenvalue weighted by atomic mass is 9.97. The molecule has 1 unspecified atom stereocenters. The smallest absolute Gasteiger partial charge is 0.130 e. The number of aliphatic hydroxyl groups excluding tert-OH is 1. The molecule has 0 saturated carbocycles. The van der Waals surface area contributed by atoms with Crippen LogP contribution in [0.5, 0.6) is 0 Å². The van der Waals surface area contributed by atoms with Crippen LogP contribution in [0.25, 0.3) is 0 Å². The van der Waals surface area contributed by atoms with Crippen LogP contribution in [0.4, 0.5) is 4.39 Å². The van der Waals surface area contributed by atoms with Crippen LogP contribution in [-0.2, 0) is 0 Å². The van der Waals surface area contributed by atoms with Crippen molar-refractivity contribution in [3.63, 3.8) is 0 Å². The van der Waals surface area contributed by atoms with Crippen LogP contribution in [0.15, 0.2) is 42.5 Å². The van der Waals surface area contributed by atoms with Crippen molar-refractivity contribution >= 4 is 11.6 Å². The molecular weight excluding hydrogens is 239 g/mol. The molecule has 0 aliphatic rings. The minimum absolute atomic E-state index is 0.240. The van der Waals surface area contributed by atoms with E-state index in [1.54, 1.807) is 12.1 Å². The van der Waals surface area contributed by atoms with Crippen LogP contribution in [-0.4, -0.2) is 5.11 Å². The molecule has 0 aliphatic heterocycles. The molecule has 0 radical (unpaired) electrons. The number of aryl methyl sites for hydroxylation is 1. The van der Waals surface area contributed by atoms with Crippen molar-refractivity contribution in [3.8, 4) is 0 Å². The standard InChI is InChI=1S/C14H12ClFO/c1-9-4-2-3-5-11(9)14(17)12-7-6-10(15)8-13(12)16/h2-8,14,17H,1H3. The lowest BCUT2D eigenvalue weighted by Crippen LogP contribution is -2.04. The van der Waals surface area contributed by atoms with Gasteiger partial charge in [0.2, 0.25) is 0 Å². The highest BCUT2D eigenvalue weighted by molar-refractivity contribution is 6.30. The first kappa shape index (κ1) is 12.1. The van der Waals surface area contributed by atoms with E-state index in [9.17, 15) is 9.50 Å². The lowest BCUT2D eigenvalue weighted by Gasteiger charge is -2.14. The van der Waals surface area contributed by atoms with Crippen LogP contribution in [0.1, 0.15) is 22.8 Å². The van der Waals surface area contributed by atoms with Crippen LogP contribution in [0, 0.1) is 12.7 Å². The largest absolute Gasteiger partial charge is 0.384 e. The van der Waals surface area contributed by atoms with Gasteiger partial charge in [-0.2, -0.15) is 0 Å². The fourth-order valence-corrected chi connectivity index (χ4v) is 1.94. The minimum Gasteiger partial charge on any atom is -0.384 e. The summed E-state index contributed by atoms with van der Waals surface area (Å²) in [6.45, 7) is 1.88. The summed E-state index contributed by atoms with van der Waals surface area (Å²) in [6.07, 6.45) is -0.964. The van der Waals surface area contributed by atoms with E-state index in [0.29, 0.717) is 10.6 Å². The molecular formula is C14H12ClFO. The second kappa shape index (κ2) is 4.86. The molecule has 0 aliphatic carbocycles. The zero-order valence-corrected chi connectivity index (χ0v) is 10.1. The number of halogens is 2. The van der Waals surface area contributed by atoms with Crippen LogP contribution < -0.4 is 0 Å². The molecule has 3 heteroatoms. The van der Waals surface area contributed by atoms with E-state index < -0.39 is 11.9 Å². The van der Waals surface area contributed by atoms with Gasteiger partial charge >= 0.3 is 0 Å². The van der Waals surface area contributed by atoms with Gasteiger partial charge in [0.05, 0.1) is 0 Å². The Morgan fingerprint density at radius 1 is 1.12 bits per heavy atom. The first-order chi connectivity index (χ1) is 8.09. The fraction of sp³-hybridized carbons (Fsp3) is 0.143. The summed E-state index contributed by atoms with van der Waals surface area (Å²) in [4.78, 5) is 0. The molecule has 0 saturated heterocycles. The maximum Gasteiger partial charge on any atom is 0.130 e. The van der Waals surface area contributed by atoms with Gasteiger partial charge in [-0.1, -0.05) is 41.9 Å². The maximum atomic E-state index is 13.7. The number of hydrogen-bond acceptors (Lipinski definition) is 1. The third-order valence-corrected chi connectivity index (χ3v) is 2.98. The van der Waals surface area contributed by atoms with Crippen molar-refractivity contribution < 1.29 is 9.50 Å². The molecule has 0 spiro atoms. The van der Waals surface area contributed by atoms with Gasteiger partial charge in [0.15, 0.2) is 0 Å². The van der Waals surface area contributed by atoms with Gasteiger partial charge in [0.1, 0.15) is 11.9 Å². The quantitative estimate of drug-likeness (QED) is 0.858. The van der Waals surface area contributed by atoms with Crippen molar-refractivity contribution in [1.82, 2.24) is 0 Å². The molecule has 1 N–H and O–H groups in total. The summed E-state index contributed by atoms with van der Waals surface area (Å²) in [5, 5.41) is 10.5. The predicted molar refractivity (Wildman–Crippen MR) is 66.7 cm³/mol. The van der Waals surface area contributed by atoms with E-state index in [-0.39, 0.29) is 5.56 Å². The Kier molecular flexibility index (Phi) is 3.46. The molecule has 17 heavy (non-hydrogen) atoms. The Bertz CT molecular complexity index is 539. The Morgan fingerprint density at radius 3 is 2.47 bits per heavy atom. The van der Waals surface area contributed by atoms with Gasteiger partial charge in [-0.25, -0.2) is 4.39 Å². The summed E-state index contributed by atoms with van der Waals surface area (Å²) in [5.41, 5.74) is 1.87. The first-order valence-corrected chi connectivity index (χ1v) is 5.66. The minimum atomic E-state index is -0.964. The van der Waals surface area contributed by atoms with Crippen molar-refractivity contribution in [2.24, 2.45) is 0 Å².